The lowest BCUT2D eigenvalue weighted by Gasteiger charge is -2.20. The van der Waals surface area contributed by atoms with E-state index in [2.05, 4.69) is 10.4 Å². The lowest BCUT2D eigenvalue weighted by Crippen LogP contribution is -2.15. The number of rotatable bonds is 4. The molecule has 0 aliphatic carbocycles. The van der Waals surface area contributed by atoms with Crippen molar-refractivity contribution in [2.24, 2.45) is 0 Å². The second kappa shape index (κ2) is 7.79. The van der Waals surface area contributed by atoms with Crippen LogP contribution < -0.4 is 14.8 Å². The first-order valence-electron chi connectivity index (χ1n) is 9.01. The highest BCUT2D eigenvalue weighted by molar-refractivity contribution is 8.00. The van der Waals surface area contributed by atoms with Crippen LogP contribution in [-0.4, -0.2) is 35.7 Å². The van der Waals surface area contributed by atoms with Crippen LogP contribution in [0.3, 0.4) is 0 Å². The van der Waals surface area contributed by atoms with Crippen molar-refractivity contribution >= 4 is 23.5 Å². The Morgan fingerprint density at radius 2 is 1.93 bits per heavy atom. The normalized spacial score (nSPS) is 16.0. The Labute approximate surface area is 172 Å². The van der Waals surface area contributed by atoms with Crippen LogP contribution in [0.25, 0.3) is 5.69 Å². The van der Waals surface area contributed by atoms with Gasteiger partial charge in [-0.1, -0.05) is 12.1 Å². The van der Waals surface area contributed by atoms with Crippen molar-refractivity contribution < 1.29 is 18.7 Å². The van der Waals surface area contributed by atoms with E-state index in [0.29, 0.717) is 23.0 Å². The van der Waals surface area contributed by atoms with Crippen molar-refractivity contribution in [2.45, 2.75) is 12.2 Å². The molecule has 6 nitrogen and oxygen atoms in total. The van der Waals surface area contributed by atoms with E-state index in [0.717, 1.165) is 16.8 Å². The quantitative estimate of drug-likeness (QED) is 0.697. The van der Waals surface area contributed by atoms with E-state index < -0.39 is 0 Å². The molecule has 1 atom stereocenters. The van der Waals surface area contributed by atoms with Crippen molar-refractivity contribution in [3.8, 4) is 17.2 Å². The summed E-state index contributed by atoms with van der Waals surface area (Å²) in [6.45, 7) is 1.90. The standard InChI is InChI=1S/C21H20FN3O3S/c1-12-18-20(15-5-4-6-16(27-2)19(15)28-3)29-11-17(26)23-21(18)25(24-12)14-9-7-13(22)8-10-14/h4-10,20H,11H2,1-3H3,(H,23,26)/t20-/m0/s1. The fourth-order valence-electron chi connectivity index (χ4n) is 3.52. The lowest BCUT2D eigenvalue weighted by molar-refractivity contribution is -0.113. The summed E-state index contributed by atoms with van der Waals surface area (Å²) in [5, 5.41) is 7.41. The summed E-state index contributed by atoms with van der Waals surface area (Å²) in [5.41, 5.74) is 3.22. The number of fused-ring (bicyclic) bond motifs is 1. The van der Waals surface area contributed by atoms with E-state index in [9.17, 15) is 9.18 Å². The zero-order chi connectivity index (χ0) is 20.5. The minimum atomic E-state index is -0.331. The molecule has 0 spiro atoms. The number of methoxy groups -OCH3 is 2. The Morgan fingerprint density at radius 1 is 1.17 bits per heavy atom. The second-order valence-electron chi connectivity index (χ2n) is 6.56. The minimum Gasteiger partial charge on any atom is -0.493 e. The highest BCUT2D eigenvalue weighted by atomic mass is 32.2. The molecule has 1 aromatic heterocycles. The topological polar surface area (TPSA) is 65.4 Å². The van der Waals surface area contributed by atoms with Gasteiger partial charge in [0.05, 0.1) is 36.6 Å². The van der Waals surface area contributed by atoms with Gasteiger partial charge in [-0.3, -0.25) is 4.79 Å². The SMILES string of the molecule is COc1cccc([C@@H]2SCC(=O)Nc3c2c(C)nn3-c2ccc(F)cc2)c1OC. The summed E-state index contributed by atoms with van der Waals surface area (Å²) < 4.78 is 26.1. The summed E-state index contributed by atoms with van der Waals surface area (Å²) in [6, 6.07) is 11.7. The first-order valence-corrected chi connectivity index (χ1v) is 10.1. The molecule has 0 fully saturated rings. The molecule has 0 bridgehead atoms. The number of hydrogen-bond acceptors (Lipinski definition) is 5. The van der Waals surface area contributed by atoms with Gasteiger partial charge in [0.25, 0.3) is 0 Å². The van der Waals surface area contributed by atoms with Crippen molar-refractivity contribution in [2.75, 3.05) is 25.3 Å². The van der Waals surface area contributed by atoms with Gasteiger partial charge in [-0.15, -0.1) is 11.8 Å². The molecule has 8 heteroatoms. The minimum absolute atomic E-state index is 0.121. The first kappa shape index (κ1) is 19.3. The molecule has 2 heterocycles. The maximum Gasteiger partial charge on any atom is 0.235 e. The molecule has 0 unspecified atom stereocenters. The number of benzene rings is 2. The van der Waals surface area contributed by atoms with E-state index in [1.54, 1.807) is 31.0 Å². The molecule has 4 rings (SSSR count). The Bertz CT molecular complexity index is 1070. The number of para-hydroxylation sites is 1. The predicted octanol–water partition coefficient (Wildman–Crippen LogP) is 4.11. The number of carbonyl (C=O) groups is 1. The van der Waals surface area contributed by atoms with E-state index >= 15 is 0 Å². The molecule has 150 valence electrons. The molecule has 3 aromatic rings. The highest BCUT2D eigenvalue weighted by Gasteiger charge is 2.32. The Kier molecular flexibility index (Phi) is 5.19. The van der Waals surface area contributed by atoms with Crippen LogP contribution in [0.2, 0.25) is 0 Å². The molecule has 1 amide bonds. The van der Waals surface area contributed by atoms with Gasteiger partial charge in [0.1, 0.15) is 11.6 Å². The second-order valence-corrected chi connectivity index (χ2v) is 7.65. The molecule has 1 N–H and O–H groups in total. The summed E-state index contributed by atoms with van der Waals surface area (Å²) >= 11 is 1.50. The van der Waals surface area contributed by atoms with Gasteiger partial charge >= 0.3 is 0 Å². The van der Waals surface area contributed by atoms with Crippen LogP contribution >= 0.6 is 11.8 Å². The average molecular weight is 413 g/mol. The van der Waals surface area contributed by atoms with Crippen molar-refractivity contribution in [3.05, 3.63) is 65.1 Å². The van der Waals surface area contributed by atoms with Crippen LogP contribution in [0.5, 0.6) is 11.5 Å². The monoisotopic (exact) mass is 413 g/mol. The fraction of sp³-hybridized carbons (Fsp3) is 0.238. The lowest BCUT2D eigenvalue weighted by atomic mass is 10.0. The maximum absolute atomic E-state index is 13.4. The maximum atomic E-state index is 13.4. The molecule has 29 heavy (non-hydrogen) atoms. The number of aryl methyl sites for hydroxylation is 1. The number of hydrogen-bond donors (Lipinski definition) is 1. The van der Waals surface area contributed by atoms with Gasteiger partial charge in [-0.25, -0.2) is 9.07 Å². The van der Waals surface area contributed by atoms with Crippen molar-refractivity contribution in [1.29, 1.82) is 0 Å². The number of amides is 1. The summed E-state index contributed by atoms with van der Waals surface area (Å²) in [7, 11) is 3.19. The van der Waals surface area contributed by atoms with Crippen molar-refractivity contribution in [3.63, 3.8) is 0 Å². The number of aromatic nitrogens is 2. The third kappa shape index (κ3) is 3.44. The molecule has 0 saturated heterocycles. The third-order valence-electron chi connectivity index (χ3n) is 4.79. The number of nitrogens with one attached hydrogen (secondary N) is 1. The van der Waals surface area contributed by atoms with E-state index in [1.807, 2.05) is 25.1 Å². The van der Waals surface area contributed by atoms with Gasteiger partial charge < -0.3 is 14.8 Å². The van der Waals surface area contributed by atoms with Gasteiger partial charge in [0.15, 0.2) is 11.5 Å². The summed E-state index contributed by atoms with van der Waals surface area (Å²) in [5.74, 6) is 1.66. The molecule has 1 aliphatic heterocycles. The zero-order valence-electron chi connectivity index (χ0n) is 16.2. The van der Waals surface area contributed by atoms with Gasteiger partial charge in [-0.2, -0.15) is 5.10 Å². The Hall–Kier alpha value is -3.00. The first-order chi connectivity index (χ1) is 14.0. The zero-order valence-corrected chi connectivity index (χ0v) is 17.0. The van der Waals surface area contributed by atoms with Crippen LogP contribution in [0, 0.1) is 12.7 Å². The summed E-state index contributed by atoms with van der Waals surface area (Å²) in [6.07, 6.45) is 0. The number of carbonyl (C=O) groups excluding carboxylic acids is 1. The van der Waals surface area contributed by atoms with Crippen LogP contribution in [0.1, 0.15) is 22.1 Å². The number of ether oxygens (including phenoxy) is 2. The van der Waals surface area contributed by atoms with Crippen LogP contribution in [-0.2, 0) is 4.79 Å². The molecule has 1 aliphatic rings. The van der Waals surface area contributed by atoms with E-state index in [4.69, 9.17) is 9.47 Å². The van der Waals surface area contributed by atoms with E-state index in [1.165, 1.54) is 23.9 Å². The predicted molar refractivity (Wildman–Crippen MR) is 111 cm³/mol. The smallest absolute Gasteiger partial charge is 0.235 e. The Morgan fingerprint density at radius 3 is 2.62 bits per heavy atom. The van der Waals surface area contributed by atoms with Gasteiger partial charge in [0.2, 0.25) is 5.91 Å². The number of halogens is 1. The average Bonchev–Trinajstić information content (AvgIpc) is 2.93. The molecule has 0 saturated carbocycles. The Balaban J connectivity index is 1.91. The van der Waals surface area contributed by atoms with Crippen LogP contribution in [0.15, 0.2) is 42.5 Å². The largest absolute Gasteiger partial charge is 0.493 e. The van der Waals surface area contributed by atoms with Gasteiger partial charge in [0, 0.05) is 11.1 Å². The third-order valence-corrected chi connectivity index (χ3v) is 6.05. The molecular formula is C21H20FN3O3S. The summed E-state index contributed by atoms with van der Waals surface area (Å²) in [4.78, 5) is 12.5. The molecule has 0 radical (unpaired) electrons. The van der Waals surface area contributed by atoms with Crippen LogP contribution in [0.4, 0.5) is 10.2 Å². The van der Waals surface area contributed by atoms with Gasteiger partial charge in [-0.05, 0) is 37.3 Å². The fourth-order valence-corrected chi connectivity index (χ4v) is 4.72. The molecular weight excluding hydrogens is 393 g/mol. The number of thioether (sulfide) groups is 1. The molecule has 2 aromatic carbocycles. The number of nitrogens with zero attached hydrogens (tertiary/aromatic N) is 2. The highest BCUT2D eigenvalue weighted by Crippen LogP contribution is 2.48. The van der Waals surface area contributed by atoms with Crippen molar-refractivity contribution in [1.82, 2.24) is 9.78 Å². The van der Waals surface area contributed by atoms with E-state index in [-0.39, 0.29) is 22.7 Å². The number of anilines is 1.